The lowest BCUT2D eigenvalue weighted by atomic mass is 10.0. The van der Waals surface area contributed by atoms with Crippen LogP contribution in [0.15, 0.2) is 60.7 Å². The van der Waals surface area contributed by atoms with Crippen LogP contribution in [0.3, 0.4) is 0 Å². The smallest absolute Gasteiger partial charge is 0.416 e. The molecule has 2 aliphatic carbocycles. The number of hydrogen-bond donors (Lipinski definition) is 1. The minimum absolute atomic E-state index is 0.0935. The van der Waals surface area contributed by atoms with Crippen molar-refractivity contribution in [2.75, 3.05) is 0 Å². The van der Waals surface area contributed by atoms with E-state index in [-0.39, 0.29) is 5.56 Å². The second kappa shape index (κ2) is 5.43. The number of hydrogen-bond acceptors (Lipinski definition) is 1. The van der Waals surface area contributed by atoms with Gasteiger partial charge in [0.25, 0.3) is 0 Å². The Labute approximate surface area is 130 Å². The molecule has 116 valence electrons. The predicted molar refractivity (Wildman–Crippen MR) is 80.5 cm³/mol. The van der Waals surface area contributed by atoms with E-state index in [0.29, 0.717) is 16.7 Å². The maximum absolute atomic E-state index is 12.6. The Kier molecular flexibility index (Phi) is 3.56. The number of carbonyl (C=O) groups is 1. The molecule has 0 saturated heterocycles. The van der Waals surface area contributed by atoms with E-state index >= 15 is 0 Å². The normalized spacial score (nSPS) is 11.6. The van der Waals surface area contributed by atoms with E-state index in [0.717, 1.165) is 17.7 Å². The molecule has 0 radical (unpaired) electrons. The molecule has 0 spiro atoms. The monoisotopic (exact) mass is 316 g/mol. The van der Waals surface area contributed by atoms with Gasteiger partial charge >= 0.3 is 12.1 Å². The Morgan fingerprint density at radius 2 is 1.48 bits per heavy atom. The third-order valence-corrected chi connectivity index (χ3v) is 3.65. The van der Waals surface area contributed by atoms with Gasteiger partial charge in [0, 0.05) is 0 Å². The molecule has 0 aliphatic heterocycles. The Morgan fingerprint density at radius 1 is 0.826 bits per heavy atom. The summed E-state index contributed by atoms with van der Waals surface area (Å²) in [5.74, 6) is -1.11. The lowest BCUT2D eigenvalue weighted by Gasteiger charge is -2.07. The highest BCUT2D eigenvalue weighted by Crippen LogP contribution is 2.38. The molecule has 23 heavy (non-hydrogen) atoms. The molecule has 1 N–H and O–H groups in total. The maximum Gasteiger partial charge on any atom is 0.416 e. The third kappa shape index (κ3) is 2.77. The third-order valence-electron chi connectivity index (χ3n) is 3.65. The molecule has 0 fully saturated rings. The first-order valence-corrected chi connectivity index (χ1v) is 6.80. The standard InChI is InChI=1S/C18H11F3O2/c19-18(20,21)13-8-6-11(7-9-13)15-10-12-4-2-1-3-5-14(12)16(15)17(22)23/h1-10H,(H,22,23). The zero-order valence-electron chi connectivity index (χ0n) is 11.8. The Bertz CT molecular complexity index is 836. The van der Waals surface area contributed by atoms with Gasteiger partial charge in [-0.2, -0.15) is 13.2 Å². The molecule has 2 aliphatic rings. The molecule has 0 amide bonds. The van der Waals surface area contributed by atoms with Crippen LogP contribution in [0.4, 0.5) is 13.2 Å². The molecule has 5 heteroatoms. The second-order valence-corrected chi connectivity index (χ2v) is 5.09. The first-order valence-electron chi connectivity index (χ1n) is 6.80. The van der Waals surface area contributed by atoms with Crippen molar-refractivity contribution in [2.45, 2.75) is 6.18 Å². The molecule has 3 rings (SSSR count). The van der Waals surface area contributed by atoms with Gasteiger partial charge < -0.3 is 5.11 Å². The van der Waals surface area contributed by atoms with E-state index in [4.69, 9.17) is 0 Å². The van der Waals surface area contributed by atoms with Crippen molar-refractivity contribution in [3.05, 3.63) is 71.8 Å². The number of fused-ring (bicyclic) bond motifs is 1. The summed E-state index contributed by atoms with van der Waals surface area (Å²) in [5, 5.41) is 9.50. The van der Waals surface area contributed by atoms with Crippen molar-refractivity contribution in [3.8, 4) is 22.3 Å². The van der Waals surface area contributed by atoms with E-state index in [1.165, 1.54) is 12.1 Å². The molecule has 2 nitrogen and oxygen atoms in total. The lowest BCUT2D eigenvalue weighted by molar-refractivity contribution is -0.137. The first kappa shape index (κ1) is 15.1. The van der Waals surface area contributed by atoms with Crippen molar-refractivity contribution in [2.24, 2.45) is 0 Å². The van der Waals surface area contributed by atoms with Crippen LogP contribution < -0.4 is 0 Å². The number of rotatable bonds is 2. The summed E-state index contributed by atoms with van der Waals surface area (Å²) in [6.45, 7) is 0. The van der Waals surface area contributed by atoms with Gasteiger partial charge in [0.05, 0.1) is 11.1 Å². The zero-order valence-corrected chi connectivity index (χ0v) is 11.8. The Hall–Kier alpha value is -2.82. The summed E-state index contributed by atoms with van der Waals surface area (Å²) in [4.78, 5) is 11.6. The molecule has 1 aromatic carbocycles. The van der Waals surface area contributed by atoms with Crippen molar-refractivity contribution >= 4 is 5.97 Å². The van der Waals surface area contributed by atoms with Crippen LogP contribution in [-0.2, 0) is 6.18 Å². The highest BCUT2D eigenvalue weighted by molar-refractivity contribution is 6.05. The molecule has 1 aromatic rings. The number of benzene rings is 1. The van der Waals surface area contributed by atoms with Gasteiger partial charge in [0.1, 0.15) is 0 Å². The average molecular weight is 316 g/mol. The topological polar surface area (TPSA) is 37.3 Å². The summed E-state index contributed by atoms with van der Waals surface area (Å²) >= 11 is 0. The minimum Gasteiger partial charge on any atom is -0.478 e. The van der Waals surface area contributed by atoms with Crippen molar-refractivity contribution < 1.29 is 23.1 Å². The van der Waals surface area contributed by atoms with E-state index in [1.807, 2.05) is 0 Å². The van der Waals surface area contributed by atoms with Crippen LogP contribution in [0.1, 0.15) is 15.9 Å². The van der Waals surface area contributed by atoms with Gasteiger partial charge in [-0.15, -0.1) is 0 Å². The van der Waals surface area contributed by atoms with Crippen molar-refractivity contribution in [1.29, 1.82) is 0 Å². The number of halogens is 3. The number of carboxylic acids is 1. The average Bonchev–Trinajstić information content (AvgIpc) is 2.70. The van der Waals surface area contributed by atoms with Crippen LogP contribution in [0, 0.1) is 0 Å². The zero-order chi connectivity index (χ0) is 16.6. The summed E-state index contributed by atoms with van der Waals surface area (Å²) in [7, 11) is 0. The molecular weight excluding hydrogens is 305 g/mol. The van der Waals surface area contributed by atoms with E-state index < -0.39 is 17.7 Å². The molecule has 0 saturated carbocycles. The van der Waals surface area contributed by atoms with Gasteiger partial charge in [0.15, 0.2) is 0 Å². The lowest BCUT2D eigenvalue weighted by Crippen LogP contribution is -2.04. The van der Waals surface area contributed by atoms with Gasteiger partial charge in [-0.05, 0) is 40.5 Å². The summed E-state index contributed by atoms with van der Waals surface area (Å²) in [5.41, 5.74) is 1.46. The second-order valence-electron chi connectivity index (χ2n) is 5.09. The molecule has 0 atom stereocenters. The summed E-state index contributed by atoms with van der Waals surface area (Å²) in [6.07, 6.45) is -4.42. The SMILES string of the molecule is O=C(O)c1c2cccccc-2cc1-c1ccc(C(F)(F)F)cc1. The van der Waals surface area contributed by atoms with Crippen molar-refractivity contribution in [3.63, 3.8) is 0 Å². The van der Waals surface area contributed by atoms with E-state index in [2.05, 4.69) is 0 Å². The maximum atomic E-state index is 12.6. The van der Waals surface area contributed by atoms with Crippen LogP contribution >= 0.6 is 0 Å². The molecule has 0 heterocycles. The highest BCUT2D eigenvalue weighted by Gasteiger charge is 2.30. The van der Waals surface area contributed by atoms with Gasteiger partial charge in [0.2, 0.25) is 0 Å². The number of carboxylic acid groups (broad SMARTS) is 1. The summed E-state index contributed by atoms with van der Waals surface area (Å²) in [6, 6.07) is 14.9. The highest BCUT2D eigenvalue weighted by atomic mass is 19.4. The molecule has 0 unspecified atom stereocenters. The van der Waals surface area contributed by atoms with E-state index in [9.17, 15) is 23.1 Å². The van der Waals surface area contributed by atoms with E-state index in [1.54, 1.807) is 36.4 Å². The van der Waals surface area contributed by atoms with Crippen LogP contribution in [0.5, 0.6) is 0 Å². The van der Waals surface area contributed by atoms with Gasteiger partial charge in [-0.3, -0.25) is 0 Å². The quantitative estimate of drug-likeness (QED) is 0.707. The summed E-state index contributed by atoms with van der Waals surface area (Å²) < 4.78 is 37.9. The Morgan fingerprint density at radius 3 is 2.09 bits per heavy atom. The Balaban J connectivity index is 2.18. The van der Waals surface area contributed by atoms with Crippen molar-refractivity contribution in [1.82, 2.24) is 0 Å². The van der Waals surface area contributed by atoms with Crippen LogP contribution in [0.2, 0.25) is 0 Å². The van der Waals surface area contributed by atoms with Gasteiger partial charge in [-0.1, -0.05) is 42.5 Å². The fraction of sp³-hybridized carbons (Fsp3) is 0.0556. The number of aromatic carboxylic acids is 1. The van der Waals surface area contributed by atoms with Crippen LogP contribution in [0.25, 0.3) is 22.3 Å². The molecule has 0 aromatic heterocycles. The fourth-order valence-electron chi connectivity index (χ4n) is 2.58. The molecule has 0 bridgehead atoms. The fourth-order valence-corrected chi connectivity index (χ4v) is 2.58. The van der Waals surface area contributed by atoms with Crippen LogP contribution in [-0.4, -0.2) is 11.1 Å². The predicted octanol–water partition coefficient (Wildman–Crippen LogP) is 5.18. The largest absolute Gasteiger partial charge is 0.478 e. The van der Waals surface area contributed by atoms with Gasteiger partial charge in [-0.25, -0.2) is 4.79 Å². The number of alkyl halides is 3. The first-order chi connectivity index (χ1) is 10.9. The minimum atomic E-state index is -4.42. The molecular formula is C18H11F3O2.